The minimum Gasteiger partial charge on any atom is -0.369 e. The number of hydrogen-bond donors (Lipinski definition) is 4. The molecule has 1 unspecified atom stereocenters. The first-order valence-electron chi connectivity index (χ1n) is 3.77. The first-order valence-corrected chi connectivity index (χ1v) is 5.48. The van der Waals surface area contributed by atoms with Gasteiger partial charge in [-0.2, -0.15) is 0 Å². The quantitative estimate of drug-likeness (QED) is 0.348. The van der Waals surface area contributed by atoms with Crippen molar-refractivity contribution in [3.63, 3.8) is 0 Å². The van der Waals surface area contributed by atoms with Gasteiger partial charge in [-0.05, 0) is 0 Å². The van der Waals surface area contributed by atoms with E-state index in [9.17, 15) is 0 Å². The largest absolute Gasteiger partial charge is 0.369 e. The van der Waals surface area contributed by atoms with Crippen LogP contribution in [0.5, 0.6) is 0 Å². The molecule has 0 aromatic heterocycles. The molecule has 0 aliphatic carbocycles. The summed E-state index contributed by atoms with van der Waals surface area (Å²) in [6.07, 6.45) is 0.633. The molecule has 2 nitrogen and oxygen atoms in total. The number of rotatable bonds is 4. The van der Waals surface area contributed by atoms with Gasteiger partial charge in [-0.15, -0.1) is 37.1 Å². The molecule has 0 aliphatic heterocycles. The van der Waals surface area contributed by atoms with Gasteiger partial charge in [0.15, 0.2) is 0 Å². The fourth-order valence-corrected chi connectivity index (χ4v) is 1.28. The van der Waals surface area contributed by atoms with E-state index in [4.69, 9.17) is 24.4 Å². The fraction of sp³-hybridized carbons (Fsp3) is 0.375. The Morgan fingerprint density at radius 3 is 2.43 bits per heavy atom. The predicted octanol–water partition coefficient (Wildman–Crippen LogP) is 1.19. The molecule has 0 spiro atoms. The van der Waals surface area contributed by atoms with E-state index in [1.54, 1.807) is 0 Å². The third-order valence-corrected chi connectivity index (χ3v) is 1.85. The molecule has 0 aromatic carbocycles. The van der Waals surface area contributed by atoms with Crippen LogP contribution >= 0.6 is 49.7 Å². The van der Waals surface area contributed by atoms with Crippen molar-refractivity contribution in [2.24, 2.45) is 0 Å². The summed E-state index contributed by atoms with van der Waals surface area (Å²) >= 11 is 17.5. The molecule has 0 saturated heterocycles. The zero-order valence-electron chi connectivity index (χ0n) is 7.41. The van der Waals surface area contributed by atoms with E-state index in [2.05, 4.69) is 54.7 Å². The number of thiol groups is 2. The van der Waals surface area contributed by atoms with Crippen LogP contribution in [0.15, 0.2) is 0 Å². The molecule has 1 atom stereocenters. The lowest BCUT2D eigenvalue weighted by atomic mass is 10.2. The van der Waals surface area contributed by atoms with Crippen LogP contribution in [0.25, 0.3) is 0 Å². The summed E-state index contributed by atoms with van der Waals surface area (Å²) in [5, 5.41) is 5.89. The Labute approximate surface area is 106 Å². The zero-order valence-corrected chi connectivity index (χ0v) is 10.8. The minimum absolute atomic E-state index is 0.0688. The molecule has 0 amide bonds. The first kappa shape index (κ1) is 14.0. The van der Waals surface area contributed by atoms with Crippen molar-refractivity contribution < 1.29 is 0 Å². The van der Waals surface area contributed by atoms with Gasteiger partial charge in [-0.3, -0.25) is 0 Å². The van der Waals surface area contributed by atoms with Gasteiger partial charge in [0.05, 0.1) is 6.04 Å². The summed E-state index contributed by atoms with van der Waals surface area (Å²) in [4.78, 5) is 0. The van der Waals surface area contributed by atoms with Crippen molar-refractivity contribution in [3.05, 3.63) is 6.92 Å². The van der Waals surface area contributed by atoms with E-state index in [-0.39, 0.29) is 6.04 Å². The molecule has 0 bridgehead atoms. The standard InChI is InChI=1S/C8H11N2S4/c1-2-3-4-6(10-8(13)14)5-9-7(11)12/h6H,1,4-5H2,(H2,9,11,12)(H2,10,13,14). The van der Waals surface area contributed by atoms with Crippen molar-refractivity contribution in [1.82, 2.24) is 10.6 Å². The monoisotopic (exact) mass is 263 g/mol. The average Bonchev–Trinajstić information content (AvgIpc) is 2.09. The van der Waals surface area contributed by atoms with Crippen molar-refractivity contribution >= 4 is 58.3 Å². The maximum Gasteiger partial charge on any atom is 0.130 e. The highest BCUT2D eigenvalue weighted by molar-refractivity contribution is 8.11. The maximum absolute atomic E-state index is 4.81. The highest BCUT2D eigenvalue weighted by Crippen LogP contribution is 1.93. The van der Waals surface area contributed by atoms with Gasteiger partial charge < -0.3 is 10.6 Å². The molecule has 0 aromatic rings. The van der Waals surface area contributed by atoms with Gasteiger partial charge in [0.1, 0.15) is 8.64 Å². The molecule has 2 N–H and O–H groups in total. The highest BCUT2D eigenvalue weighted by atomic mass is 32.1. The minimum atomic E-state index is 0.0688. The average molecular weight is 263 g/mol. The highest BCUT2D eigenvalue weighted by Gasteiger charge is 2.06. The lowest BCUT2D eigenvalue weighted by Gasteiger charge is -2.16. The lowest BCUT2D eigenvalue weighted by Crippen LogP contribution is -2.40. The molecular weight excluding hydrogens is 252 g/mol. The summed E-state index contributed by atoms with van der Waals surface area (Å²) in [6, 6.07) is 0.0688. The SMILES string of the molecule is [CH2]C#CCC(CNC(=S)S)NC(=S)S. The van der Waals surface area contributed by atoms with E-state index in [0.717, 1.165) is 0 Å². The van der Waals surface area contributed by atoms with Crippen LogP contribution in [0, 0.1) is 18.8 Å². The van der Waals surface area contributed by atoms with Gasteiger partial charge in [-0.1, -0.05) is 24.4 Å². The van der Waals surface area contributed by atoms with E-state index in [1.165, 1.54) is 0 Å². The Bertz CT molecular complexity index is 266. The normalized spacial score (nSPS) is 10.8. The number of thiocarbonyl (C=S) groups is 2. The molecule has 1 radical (unpaired) electrons. The zero-order chi connectivity index (χ0) is 11.0. The molecule has 77 valence electrons. The van der Waals surface area contributed by atoms with Crippen molar-refractivity contribution in [2.75, 3.05) is 6.54 Å². The van der Waals surface area contributed by atoms with Crippen LogP contribution in [0.2, 0.25) is 0 Å². The maximum atomic E-state index is 4.81. The Morgan fingerprint density at radius 1 is 1.36 bits per heavy atom. The summed E-state index contributed by atoms with van der Waals surface area (Å²) in [7, 11) is 0. The van der Waals surface area contributed by atoms with Gasteiger partial charge in [-0.25, -0.2) is 0 Å². The summed E-state index contributed by atoms with van der Waals surface area (Å²) in [6.45, 7) is 4.04. The first-order chi connectivity index (χ1) is 6.56. The summed E-state index contributed by atoms with van der Waals surface area (Å²) < 4.78 is 0.886. The molecule has 0 heterocycles. The smallest absolute Gasteiger partial charge is 0.130 e. The fourth-order valence-electron chi connectivity index (χ4n) is 0.755. The third kappa shape index (κ3) is 8.63. The van der Waals surface area contributed by atoms with Gasteiger partial charge in [0, 0.05) is 19.9 Å². The topological polar surface area (TPSA) is 24.1 Å². The molecule has 6 heteroatoms. The molecule has 0 rings (SSSR count). The van der Waals surface area contributed by atoms with Gasteiger partial charge in [0.2, 0.25) is 0 Å². The summed E-state index contributed by atoms with van der Waals surface area (Å²) in [5.41, 5.74) is 0. The van der Waals surface area contributed by atoms with Crippen LogP contribution in [-0.4, -0.2) is 21.2 Å². The second kappa shape index (κ2) is 8.36. The van der Waals surface area contributed by atoms with E-state index in [0.29, 0.717) is 21.6 Å². The van der Waals surface area contributed by atoms with Gasteiger partial charge in [0.25, 0.3) is 0 Å². The molecular formula is C8H11N2S4. The molecule has 0 aliphatic rings. The summed E-state index contributed by atoms with van der Waals surface area (Å²) in [5.74, 6) is 5.42. The molecule has 0 saturated carbocycles. The second-order valence-electron chi connectivity index (χ2n) is 2.39. The number of hydrogen-bond acceptors (Lipinski definition) is 2. The Kier molecular flexibility index (Phi) is 8.38. The second-order valence-corrected chi connectivity index (χ2v) is 4.71. The van der Waals surface area contributed by atoms with Crippen molar-refractivity contribution in [2.45, 2.75) is 12.5 Å². The van der Waals surface area contributed by atoms with Crippen molar-refractivity contribution in [3.8, 4) is 11.8 Å². The van der Waals surface area contributed by atoms with Crippen LogP contribution in [0.4, 0.5) is 0 Å². The Balaban J connectivity index is 4.00. The van der Waals surface area contributed by atoms with Crippen LogP contribution in [-0.2, 0) is 0 Å². The van der Waals surface area contributed by atoms with Crippen molar-refractivity contribution in [1.29, 1.82) is 0 Å². The van der Waals surface area contributed by atoms with Crippen LogP contribution < -0.4 is 10.6 Å². The van der Waals surface area contributed by atoms with E-state index in [1.807, 2.05) is 0 Å². The van der Waals surface area contributed by atoms with Gasteiger partial charge >= 0.3 is 0 Å². The van der Waals surface area contributed by atoms with E-state index >= 15 is 0 Å². The van der Waals surface area contributed by atoms with Crippen LogP contribution in [0.3, 0.4) is 0 Å². The number of nitrogens with one attached hydrogen (secondary N) is 2. The Morgan fingerprint density at radius 2 is 2.00 bits per heavy atom. The third-order valence-electron chi connectivity index (χ3n) is 1.30. The molecule has 14 heavy (non-hydrogen) atoms. The predicted molar refractivity (Wildman–Crippen MR) is 75.8 cm³/mol. The van der Waals surface area contributed by atoms with E-state index < -0.39 is 0 Å². The molecule has 0 fully saturated rings. The van der Waals surface area contributed by atoms with Crippen LogP contribution in [0.1, 0.15) is 6.42 Å². The Hall–Kier alpha value is 0.0400. The lowest BCUT2D eigenvalue weighted by molar-refractivity contribution is 0.615.